The number of likely N-dealkylation sites (tertiary alicyclic amines) is 1. The van der Waals surface area contributed by atoms with E-state index in [4.69, 9.17) is 4.74 Å². The van der Waals surface area contributed by atoms with Crippen molar-refractivity contribution in [2.45, 2.75) is 45.6 Å². The zero-order valence-electron chi connectivity index (χ0n) is 12.9. The first-order chi connectivity index (χ1) is 9.90. The maximum Gasteiger partial charge on any atom is 0.219 e. The Balaban J connectivity index is 1.87. The van der Waals surface area contributed by atoms with Crippen LogP contribution in [0.25, 0.3) is 0 Å². The van der Waals surface area contributed by atoms with Gasteiger partial charge in [-0.05, 0) is 37.1 Å². The molecule has 4 nitrogen and oxygen atoms in total. The molecule has 112 valence electrons. The average Bonchev–Trinajstić information content (AvgIpc) is 2.42. The molecule has 1 fully saturated rings. The molecule has 1 spiro atoms. The van der Waals surface area contributed by atoms with Crippen LogP contribution in [0.3, 0.4) is 0 Å². The lowest BCUT2D eigenvalue weighted by molar-refractivity contribution is -0.132. The van der Waals surface area contributed by atoms with Crippen molar-refractivity contribution >= 4 is 11.7 Å². The van der Waals surface area contributed by atoms with Gasteiger partial charge in [-0.25, -0.2) is 0 Å². The number of hydrogen-bond donors (Lipinski definition) is 0. The standard InChI is InChI=1S/C17H21NO3/c1-11-8-14-15(20)10-17(21-16(14)9-12(11)2)4-6-18(7-5-17)13(3)19/h8-9H,4-7,10H2,1-3H3. The largest absolute Gasteiger partial charge is 0.486 e. The number of Topliss-reactive ketones (excluding diaryl/α,β-unsaturated/α-hetero) is 1. The highest BCUT2D eigenvalue weighted by atomic mass is 16.5. The summed E-state index contributed by atoms with van der Waals surface area (Å²) in [6, 6.07) is 3.91. The molecule has 1 saturated heterocycles. The van der Waals surface area contributed by atoms with Crippen LogP contribution >= 0.6 is 0 Å². The predicted octanol–water partition coefficient (Wildman–Crippen LogP) is 2.65. The fourth-order valence-electron chi connectivity index (χ4n) is 3.26. The van der Waals surface area contributed by atoms with Crippen LogP contribution in [0.5, 0.6) is 5.75 Å². The summed E-state index contributed by atoms with van der Waals surface area (Å²) in [7, 11) is 0. The highest BCUT2D eigenvalue weighted by Crippen LogP contribution is 2.40. The van der Waals surface area contributed by atoms with Gasteiger partial charge in [0.15, 0.2) is 5.78 Å². The van der Waals surface area contributed by atoms with E-state index in [0.29, 0.717) is 30.8 Å². The third-order valence-electron chi connectivity index (χ3n) is 4.83. The molecule has 21 heavy (non-hydrogen) atoms. The highest BCUT2D eigenvalue weighted by molar-refractivity contribution is 6.00. The third-order valence-corrected chi connectivity index (χ3v) is 4.83. The smallest absolute Gasteiger partial charge is 0.219 e. The van der Waals surface area contributed by atoms with Crippen molar-refractivity contribution in [1.82, 2.24) is 4.90 Å². The van der Waals surface area contributed by atoms with Gasteiger partial charge in [-0.1, -0.05) is 0 Å². The van der Waals surface area contributed by atoms with E-state index in [1.807, 2.05) is 30.9 Å². The van der Waals surface area contributed by atoms with Gasteiger partial charge in [0.25, 0.3) is 0 Å². The Hall–Kier alpha value is -1.84. The van der Waals surface area contributed by atoms with Gasteiger partial charge in [0, 0.05) is 32.9 Å². The zero-order chi connectivity index (χ0) is 15.2. The second-order valence-corrected chi connectivity index (χ2v) is 6.32. The number of benzene rings is 1. The number of ketones is 1. The van der Waals surface area contributed by atoms with Gasteiger partial charge >= 0.3 is 0 Å². The van der Waals surface area contributed by atoms with E-state index in [0.717, 1.165) is 24.0 Å². The van der Waals surface area contributed by atoms with Gasteiger partial charge in [-0.3, -0.25) is 9.59 Å². The van der Waals surface area contributed by atoms with E-state index >= 15 is 0 Å². The Labute approximate surface area is 125 Å². The van der Waals surface area contributed by atoms with Crippen LogP contribution in [-0.2, 0) is 4.79 Å². The number of carbonyl (C=O) groups excluding carboxylic acids is 2. The van der Waals surface area contributed by atoms with Crippen molar-refractivity contribution in [2.24, 2.45) is 0 Å². The van der Waals surface area contributed by atoms with Gasteiger partial charge in [-0.15, -0.1) is 0 Å². The Bertz CT molecular complexity index is 613. The first kappa shape index (κ1) is 14.1. The molecule has 0 atom stereocenters. The van der Waals surface area contributed by atoms with Gasteiger partial charge in [-0.2, -0.15) is 0 Å². The van der Waals surface area contributed by atoms with Gasteiger partial charge in [0.05, 0.1) is 12.0 Å². The predicted molar refractivity (Wildman–Crippen MR) is 79.7 cm³/mol. The van der Waals surface area contributed by atoms with Crippen LogP contribution < -0.4 is 4.74 Å². The molecule has 1 aromatic rings. The van der Waals surface area contributed by atoms with E-state index < -0.39 is 5.60 Å². The number of rotatable bonds is 0. The molecule has 2 aliphatic rings. The molecule has 0 radical (unpaired) electrons. The van der Waals surface area contributed by atoms with Gasteiger partial charge in [0.1, 0.15) is 11.4 Å². The monoisotopic (exact) mass is 287 g/mol. The van der Waals surface area contributed by atoms with E-state index in [-0.39, 0.29) is 11.7 Å². The molecule has 1 aromatic carbocycles. The first-order valence-corrected chi connectivity index (χ1v) is 7.49. The number of nitrogens with zero attached hydrogens (tertiary/aromatic N) is 1. The van der Waals surface area contributed by atoms with E-state index in [2.05, 4.69) is 0 Å². The van der Waals surface area contributed by atoms with Crippen molar-refractivity contribution in [1.29, 1.82) is 0 Å². The fourth-order valence-corrected chi connectivity index (χ4v) is 3.26. The summed E-state index contributed by atoms with van der Waals surface area (Å²) in [6.45, 7) is 6.97. The van der Waals surface area contributed by atoms with Crippen molar-refractivity contribution in [3.05, 3.63) is 28.8 Å². The van der Waals surface area contributed by atoms with Crippen LogP contribution in [0, 0.1) is 13.8 Å². The number of amides is 1. The van der Waals surface area contributed by atoms with Crippen molar-refractivity contribution in [3.8, 4) is 5.75 Å². The number of ether oxygens (including phenoxy) is 1. The molecule has 0 saturated carbocycles. The molecule has 4 heteroatoms. The average molecular weight is 287 g/mol. The quantitative estimate of drug-likeness (QED) is 0.737. The van der Waals surface area contributed by atoms with Crippen LogP contribution in [-0.4, -0.2) is 35.3 Å². The SMILES string of the molecule is CC(=O)N1CCC2(CC1)CC(=O)c1cc(C)c(C)cc1O2. The topological polar surface area (TPSA) is 46.6 Å². The molecule has 0 unspecified atom stereocenters. The molecule has 0 N–H and O–H groups in total. The molecule has 2 aliphatic heterocycles. The number of piperidine rings is 1. The number of fused-ring (bicyclic) bond motifs is 1. The van der Waals surface area contributed by atoms with Crippen LogP contribution in [0.15, 0.2) is 12.1 Å². The van der Waals surface area contributed by atoms with Crippen molar-refractivity contribution in [2.75, 3.05) is 13.1 Å². The minimum atomic E-state index is -0.419. The Morgan fingerprint density at radius 2 is 1.81 bits per heavy atom. The van der Waals surface area contributed by atoms with Crippen molar-refractivity contribution in [3.63, 3.8) is 0 Å². The number of carbonyl (C=O) groups is 2. The first-order valence-electron chi connectivity index (χ1n) is 7.49. The molecule has 2 heterocycles. The van der Waals surface area contributed by atoms with Gasteiger partial charge < -0.3 is 9.64 Å². The normalized spacial score (nSPS) is 20.1. The van der Waals surface area contributed by atoms with Gasteiger partial charge in [0.2, 0.25) is 5.91 Å². The summed E-state index contributed by atoms with van der Waals surface area (Å²) in [4.78, 5) is 25.7. The second kappa shape index (κ2) is 4.86. The fraction of sp³-hybridized carbons (Fsp3) is 0.529. The molecule has 3 rings (SSSR count). The summed E-state index contributed by atoms with van der Waals surface area (Å²) < 4.78 is 6.24. The summed E-state index contributed by atoms with van der Waals surface area (Å²) in [5.74, 6) is 0.972. The molecule has 0 bridgehead atoms. The minimum Gasteiger partial charge on any atom is -0.486 e. The van der Waals surface area contributed by atoms with E-state index in [9.17, 15) is 9.59 Å². The minimum absolute atomic E-state index is 0.0962. The molecule has 0 aromatic heterocycles. The Kier molecular flexibility index (Phi) is 3.27. The van der Waals surface area contributed by atoms with Crippen LogP contribution in [0.2, 0.25) is 0 Å². The lowest BCUT2D eigenvalue weighted by atomic mass is 9.82. The van der Waals surface area contributed by atoms with Crippen LogP contribution in [0.4, 0.5) is 0 Å². The zero-order valence-corrected chi connectivity index (χ0v) is 12.9. The highest BCUT2D eigenvalue weighted by Gasteiger charge is 2.43. The summed E-state index contributed by atoms with van der Waals surface area (Å²) in [5, 5.41) is 0. The molecule has 1 amide bonds. The molecular formula is C17H21NO3. The molecule has 0 aliphatic carbocycles. The van der Waals surface area contributed by atoms with E-state index in [1.165, 1.54) is 0 Å². The number of aryl methyl sites for hydroxylation is 2. The summed E-state index contributed by atoms with van der Waals surface area (Å²) >= 11 is 0. The third kappa shape index (κ3) is 2.43. The lowest BCUT2D eigenvalue weighted by Gasteiger charge is -2.43. The second-order valence-electron chi connectivity index (χ2n) is 6.32. The maximum atomic E-state index is 12.5. The Morgan fingerprint density at radius 3 is 2.43 bits per heavy atom. The van der Waals surface area contributed by atoms with Crippen LogP contribution in [0.1, 0.15) is 47.7 Å². The van der Waals surface area contributed by atoms with Crippen molar-refractivity contribution < 1.29 is 14.3 Å². The summed E-state index contributed by atoms with van der Waals surface area (Å²) in [5.41, 5.74) is 2.54. The molecular weight excluding hydrogens is 266 g/mol. The number of hydrogen-bond acceptors (Lipinski definition) is 3. The van der Waals surface area contributed by atoms with E-state index in [1.54, 1.807) is 6.92 Å². The Morgan fingerprint density at radius 1 is 1.19 bits per heavy atom. The lowest BCUT2D eigenvalue weighted by Crippen LogP contribution is -2.51. The maximum absolute atomic E-state index is 12.5. The summed E-state index contributed by atoms with van der Waals surface area (Å²) in [6.07, 6.45) is 1.88.